The van der Waals surface area contributed by atoms with Crippen molar-refractivity contribution in [3.8, 4) is 0 Å². The molecule has 12 heteroatoms. The van der Waals surface area contributed by atoms with Gasteiger partial charge < -0.3 is 30.6 Å². The Hall–Kier alpha value is -4.16. The molecule has 0 unspecified atom stereocenters. The number of carbonyl (C=O) groups excluding carboxylic acids is 4. The molecule has 1 N–H and O–H groups in total. The Balaban J connectivity index is 0.000000194. The van der Waals surface area contributed by atoms with E-state index in [0.717, 1.165) is 59.9 Å². The quantitative estimate of drug-likeness (QED) is 0.128. The summed E-state index contributed by atoms with van der Waals surface area (Å²) in [5, 5.41) is 3.37. The van der Waals surface area contributed by atoms with E-state index < -0.39 is 6.04 Å². The van der Waals surface area contributed by atoms with Gasteiger partial charge in [-0.3, -0.25) is 19.2 Å². The predicted molar refractivity (Wildman–Crippen MR) is 266 cm³/mol. The number of alkyl halides is 1. The van der Waals surface area contributed by atoms with Gasteiger partial charge in [0.15, 0.2) is 0 Å². The maximum Gasteiger partial charge on any atom is 1.00 e. The van der Waals surface area contributed by atoms with E-state index in [1.54, 1.807) is 0 Å². The van der Waals surface area contributed by atoms with E-state index in [9.17, 15) is 19.2 Å². The molecule has 10 nitrogen and oxygen atoms in total. The van der Waals surface area contributed by atoms with Gasteiger partial charge in [-0.25, -0.2) is 0 Å². The van der Waals surface area contributed by atoms with Crippen molar-refractivity contribution in [1.82, 2.24) is 29.2 Å². The molecule has 10 rings (SSSR count). The molecule has 8 heterocycles. The third kappa shape index (κ3) is 9.23. The number of rotatable bonds is 5. The zero-order chi connectivity index (χ0) is 46.6. The van der Waals surface area contributed by atoms with Gasteiger partial charge in [-0.1, -0.05) is 86.8 Å². The van der Waals surface area contributed by atoms with Crippen LogP contribution in [0.4, 0.5) is 0 Å². The number of aromatic nitrogens is 2. The first kappa shape index (κ1) is 49.7. The predicted octanol–water partition coefficient (Wildman–Crippen LogP) is 7.39. The number of hydrogen-bond donors (Lipinski definition) is 1. The second-order valence-corrected chi connectivity index (χ2v) is 20.6. The van der Waals surface area contributed by atoms with Crippen LogP contribution in [0, 0.1) is 13.8 Å². The number of halogens is 1. The Kier molecular flexibility index (Phi) is 15.2. The maximum absolute atomic E-state index is 13.7. The van der Waals surface area contributed by atoms with Gasteiger partial charge >= 0.3 is 29.6 Å². The van der Waals surface area contributed by atoms with Crippen LogP contribution in [0.2, 0.25) is 0 Å². The fourth-order valence-corrected chi connectivity index (χ4v) is 11.7. The number of benzene rings is 2. The average molecular weight is 968 g/mol. The zero-order valence-electron chi connectivity index (χ0n) is 42.1. The van der Waals surface area contributed by atoms with Crippen LogP contribution in [0.3, 0.4) is 0 Å². The summed E-state index contributed by atoms with van der Waals surface area (Å²) >= 11 is 3.27. The molecule has 0 radical (unpaired) electrons. The number of amides is 4. The van der Waals surface area contributed by atoms with Crippen molar-refractivity contribution in [2.45, 2.75) is 151 Å². The van der Waals surface area contributed by atoms with Crippen molar-refractivity contribution in [2.75, 3.05) is 18.4 Å². The van der Waals surface area contributed by atoms with E-state index in [2.05, 4.69) is 142 Å². The number of aryl methyl sites for hydroxylation is 2. The van der Waals surface area contributed by atoms with Crippen LogP contribution >= 0.6 is 15.9 Å². The number of H-pyrrole nitrogens is 1. The fraction of sp³-hybridized carbons (Fsp3) is 0.481. The molecule has 6 aliphatic heterocycles. The monoisotopic (exact) mass is 966 g/mol. The van der Waals surface area contributed by atoms with E-state index in [1.807, 2.05) is 33.4 Å². The summed E-state index contributed by atoms with van der Waals surface area (Å²) in [4.78, 5) is 64.9. The van der Waals surface area contributed by atoms with Gasteiger partial charge in [0.2, 0.25) is 23.6 Å². The number of piperazine rings is 2. The first-order valence-electron chi connectivity index (χ1n) is 23.6. The number of hydrogen-bond acceptors (Lipinski definition) is 4. The van der Waals surface area contributed by atoms with Crippen LogP contribution in [0.25, 0.3) is 21.8 Å². The molecule has 2 aromatic heterocycles. The molecule has 6 atom stereocenters. The van der Waals surface area contributed by atoms with Crippen LogP contribution < -0.4 is 29.6 Å². The molecule has 66 heavy (non-hydrogen) atoms. The second kappa shape index (κ2) is 20.2. The number of aromatic amines is 1. The number of fused-ring (bicyclic) bond motifs is 10. The third-order valence-electron chi connectivity index (χ3n) is 14.0. The minimum atomic E-state index is -0.409. The van der Waals surface area contributed by atoms with Gasteiger partial charge in [-0.2, -0.15) is 0 Å². The molecule has 4 aromatic rings. The number of allylic oxidation sites excluding steroid dienone is 6. The molecule has 4 amide bonds. The van der Waals surface area contributed by atoms with Gasteiger partial charge in [-0.05, 0) is 129 Å². The van der Waals surface area contributed by atoms with E-state index in [4.69, 9.17) is 0 Å². The normalized spacial score (nSPS) is 23.5. The summed E-state index contributed by atoms with van der Waals surface area (Å²) in [6.07, 6.45) is 13.3. The van der Waals surface area contributed by atoms with Crippen molar-refractivity contribution >= 4 is 61.4 Å². The van der Waals surface area contributed by atoms with Crippen LogP contribution in [0.15, 0.2) is 83.0 Å². The first-order valence-corrected chi connectivity index (χ1v) is 24.7. The van der Waals surface area contributed by atoms with E-state index in [0.29, 0.717) is 25.9 Å². The van der Waals surface area contributed by atoms with E-state index >= 15 is 0 Å². The first-order chi connectivity index (χ1) is 31.0. The van der Waals surface area contributed by atoms with Crippen molar-refractivity contribution in [1.29, 1.82) is 0 Å². The molecular weight excluding hydrogens is 900 g/mol. The molecule has 6 aliphatic rings. The summed E-state index contributed by atoms with van der Waals surface area (Å²) < 4.78 is 2.38. The molecule has 0 spiro atoms. The van der Waals surface area contributed by atoms with Crippen molar-refractivity contribution in [3.63, 3.8) is 0 Å². The summed E-state index contributed by atoms with van der Waals surface area (Å²) in [6.45, 7) is 23.1. The standard InChI is InChI=1S/C27H33N3O2.C22H25N3O2.C5H9Br.Na.H/c1-16(2)10-12-28-22-14-18(5)8-9-19(22)20-15-24-26(31)29-11-6-7-21(29)27(32)30(24)23(25(20)28)13-17(3)4;1-12(2)9-18-20-15(14-7-6-13(3)10-16(14)23-20)11-19-21(26)24-8-4-5-17(24)22(27)25(18)19;1-5(2)3-4-6;;/h8-10,13-14,21,23-24H,6-7,11-12,15H2,1-5H3;6-7,9-10,17-19,23H,4-5,8,11H2,1-3H3;3H,4H2,1-2H3;;/q;;;+1;-1/t21-,23-,24-;17-,18-,19-;;;/m00.../s1. The fourth-order valence-electron chi connectivity index (χ4n) is 11.1. The smallest absolute Gasteiger partial charge is 1.00 e. The van der Waals surface area contributed by atoms with Gasteiger partial charge in [0.25, 0.3) is 0 Å². The van der Waals surface area contributed by atoms with E-state index in [-0.39, 0.29) is 84.8 Å². The molecule has 0 aliphatic carbocycles. The average Bonchev–Trinajstić information content (AvgIpc) is 4.06. The summed E-state index contributed by atoms with van der Waals surface area (Å²) in [7, 11) is 0. The second-order valence-electron chi connectivity index (χ2n) is 20.0. The summed E-state index contributed by atoms with van der Waals surface area (Å²) in [5.74, 6) is 0.481. The largest absolute Gasteiger partial charge is 1.00 e. The van der Waals surface area contributed by atoms with Crippen LogP contribution in [0.1, 0.15) is 128 Å². The van der Waals surface area contributed by atoms with Crippen molar-refractivity contribution in [2.24, 2.45) is 0 Å². The Labute approximate surface area is 423 Å². The van der Waals surface area contributed by atoms with Crippen molar-refractivity contribution in [3.05, 3.63) is 117 Å². The van der Waals surface area contributed by atoms with Gasteiger partial charge in [0, 0.05) is 71.0 Å². The minimum absolute atomic E-state index is 0. The van der Waals surface area contributed by atoms with Crippen LogP contribution in [0.5, 0.6) is 0 Å². The molecule has 0 saturated carbocycles. The Morgan fingerprint density at radius 3 is 1.70 bits per heavy atom. The van der Waals surface area contributed by atoms with Gasteiger partial charge in [0.05, 0.1) is 12.1 Å². The molecule has 0 bridgehead atoms. The van der Waals surface area contributed by atoms with Crippen LogP contribution in [-0.4, -0.2) is 95.4 Å². The number of nitrogens with one attached hydrogen (secondary N) is 1. The number of carbonyl (C=O) groups is 4. The maximum atomic E-state index is 13.7. The topological polar surface area (TPSA) is 102 Å². The van der Waals surface area contributed by atoms with Gasteiger partial charge in [-0.15, -0.1) is 0 Å². The third-order valence-corrected chi connectivity index (χ3v) is 14.3. The molecular formula is C54H68BrN6NaO4. The van der Waals surface area contributed by atoms with E-state index in [1.165, 1.54) is 55.4 Å². The summed E-state index contributed by atoms with van der Waals surface area (Å²) in [6, 6.07) is 11.2. The Morgan fingerprint density at radius 1 is 0.652 bits per heavy atom. The zero-order valence-corrected chi connectivity index (χ0v) is 44.6. The Bertz CT molecular complexity index is 2700. The van der Waals surface area contributed by atoms with Crippen LogP contribution in [-0.2, 0) is 38.6 Å². The number of nitrogens with zero attached hydrogens (tertiary/aromatic N) is 5. The molecule has 4 fully saturated rings. The minimum Gasteiger partial charge on any atom is -1.00 e. The van der Waals surface area contributed by atoms with Crippen molar-refractivity contribution < 1.29 is 50.2 Å². The summed E-state index contributed by atoms with van der Waals surface area (Å²) in [5.41, 5.74) is 14.3. The van der Waals surface area contributed by atoms with Gasteiger partial charge in [0.1, 0.15) is 24.2 Å². The molecule has 2 aromatic carbocycles. The Morgan fingerprint density at radius 2 is 1.17 bits per heavy atom. The molecule has 4 saturated heterocycles. The molecule has 346 valence electrons. The SMILES string of the molecule is CC(C)=CCBr.CC(C)=CCn1c2c(c3ccc(C)cc31)C[C@H]1C(=O)N3CCC[C@H]3C(=O)N1[C@H]2C=C(C)C.CC(C)=C[C@H]1c2[nH]c3cc(C)ccc3c2C[C@H]2C(=O)N3CCC[C@H]3C(=O)N21.[H-].[Na+].